The Balaban J connectivity index is 2.21. The lowest BCUT2D eigenvalue weighted by Gasteiger charge is -2.35. The predicted octanol–water partition coefficient (Wildman–Crippen LogP) is 2.68. The van der Waals surface area contributed by atoms with Crippen molar-refractivity contribution < 1.29 is 14.6 Å². The lowest BCUT2D eigenvalue weighted by molar-refractivity contribution is 0.0503. The van der Waals surface area contributed by atoms with Crippen LogP contribution in [-0.2, 0) is 4.74 Å². The Labute approximate surface area is 126 Å². The third kappa shape index (κ3) is 3.85. The van der Waals surface area contributed by atoms with Crippen molar-refractivity contribution in [1.82, 2.24) is 4.90 Å². The van der Waals surface area contributed by atoms with Crippen molar-refractivity contribution in [2.24, 2.45) is 0 Å². The highest BCUT2D eigenvalue weighted by atomic mass is 16.5. The van der Waals surface area contributed by atoms with E-state index >= 15 is 0 Å². The van der Waals surface area contributed by atoms with Crippen LogP contribution in [0.25, 0.3) is 6.08 Å². The van der Waals surface area contributed by atoms with Crippen LogP contribution in [0.2, 0.25) is 0 Å². The molecule has 0 aliphatic carbocycles. The minimum absolute atomic E-state index is 0.00880. The van der Waals surface area contributed by atoms with E-state index in [1.165, 1.54) is 0 Å². The quantitative estimate of drug-likeness (QED) is 0.848. The first-order chi connectivity index (χ1) is 10.3. The first-order valence-electron chi connectivity index (χ1n) is 7.57. The first-order valence-corrected chi connectivity index (χ1v) is 7.57. The fourth-order valence-electron chi connectivity index (χ4n) is 2.67. The Morgan fingerprint density at radius 2 is 2.24 bits per heavy atom. The van der Waals surface area contributed by atoms with Crippen LogP contribution in [0, 0.1) is 0 Å². The van der Waals surface area contributed by atoms with Gasteiger partial charge in [-0.25, -0.2) is 0 Å². The molecule has 1 saturated heterocycles. The van der Waals surface area contributed by atoms with Gasteiger partial charge in [-0.2, -0.15) is 0 Å². The first kappa shape index (κ1) is 15.6. The number of likely N-dealkylation sites (tertiary alicyclic amines) is 1. The van der Waals surface area contributed by atoms with E-state index in [0.29, 0.717) is 18.7 Å². The Morgan fingerprint density at radius 3 is 3.00 bits per heavy atom. The zero-order valence-electron chi connectivity index (χ0n) is 12.5. The van der Waals surface area contributed by atoms with E-state index in [9.17, 15) is 9.90 Å². The largest absolute Gasteiger partial charge is 0.501 e. The van der Waals surface area contributed by atoms with Gasteiger partial charge in [-0.15, -0.1) is 0 Å². The molecular weight excluding hydrogens is 266 g/mol. The maximum Gasteiger partial charge on any atom is 0.254 e. The maximum atomic E-state index is 12.8. The molecule has 2 rings (SSSR count). The van der Waals surface area contributed by atoms with Crippen molar-refractivity contribution in [1.29, 1.82) is 0 Å². The third-order valence-electron chi connectivity index (χ3n) is 3.80. The van der Waals surface area contributed by atoms with Crippen molar-refractivity contribution >= 4 is 12.0 Å². The zero-order chi connectivity index (χ0) is 15.1. The SMILES string of the molecule is CCO/C=C/c1ccccc1C(=O)N1CCCCC1CO. The van der Waals surface area contributed by atoms with Crippen LogP contribution in [0.4, 0.5) is 0 Å². The standard InChI is InChI=1S/C17H23NO3/c1-2-21-12-10-14-7-3-4-9-16(14)17(20)18-11-6-5-8-15(18)13-19/h3-4,7,9-10,12,15,19H,2,5-6,8,11,13H2,1H3/b12-10+. The normalized spacial score (nSPS) is 19.0. The number of amides is 1. The molecule has 114 valence electrons. The van der Waals surface area contributed by atoms with Gasteiger partial charge in [0.25, 0.3) is 5.91 Å². The van der Waals surface area contributed by atoms with Gasteiger partial charge in [-0.3, -0.25) is 4.79 Å². The number of aliphatic hydroxyl groups is 1. The highest BCUT2D eigenvalue weighted by molar-refractivity contribution is 5.98. The van der Waals surface area contributed by atoms with Gasteiger partial charge < -0.3 is 14.7 Å². The fraction of sp³-hybridized carbons (Fsp3) is 0.471. The number of hydrogen-bond acceptors (Lipinski definition) is 3. The van der Waals surface area contributed by atoms with Crippen molar-refractivity contribution in [3.63, 3.8) is 0 Å². The molecule has 0 saturated carbocycles. The third-order valence-corrected chi connectivity index (χ3v) is 3.80. The number of aliphatic hydroxyl groups excluding tert-OH is 1. The second-order valence-corrected chi connectivity index (χ2v) is 5.18. The number of hydrogen-bond donors (Lipinski definition) is 1. The number of piperidine rings is 1. The number of carbonyl (C=O) groups is 1. The summed E-state index contributed by atoms with van der Waals surface area (Å²) in [5.74, 6) is -0.00880. The number of benzene rings is 1. The molecule has 0 spiro atoms. The average molecular weight is 289 g/mol. The number of nitrogens with zero attached hydrogens (tertiary/aromatic N) is 1. The summed E-state index contributed by atoms with van der Waals surface area (Å²) in [6.45, 7) is 3.27. The van der Waals surface area contributed by atoms with Crippen LogP contribution in [0.3, 0.4) is 0 Å². The molecule has 0 bridgehead atoms. The summed E-state index contributed by atoms with van der Waals surface area (Å²) in [4.78, 5) is 14.6. The summed E-state index contributed by atoms with van der Waals surface area (Å²) < 4.78 is 5.21. The smallest absolute Gasteiger partial charge is 0.254 e. The van der Waals surface area contributed by atoms with Crippen molar-refractivity contribution in [2.45, 2.75) is 32.2 Å². The van der Waals surface area contributed by atoms with Gasteiger partial charge in [0, 0.05) is 12.1 Å². The molecule has 1 fully saturated rings. The Bertz CT molecular complexity index is 499. The van der Waals surface area contributed by atoms with Crippen molar-refractivity contribution in [3.05, 3.63) is 41.7 Å². The second kappa shape index (κ2) is 7.84. The van der Waals surface area contributed by atoms with E-state index in [4.69, 9.17) is 4.74 Å². The number of ether oxygens (including phenoxy) is 1. The molecule has 1 heterocycles. The molecule has 1 unspecified atom stereocenters. The van der Waals surface area contributed by atoms with E-state index in [1.54, 1.807) is 11.2 Å². The van der Waals surface area contributed by atoms with Crippen LogP contribution in [0.5, 0.6) is 0 Å². The highest BCUT2D eigenvalue weighted by Gasteiger charge is 2.27. The molecule has 1 aromatic rings. The van der Waals surface area contributed by atoms with Crippen LogP contribution in [-0.4, -0.2) is 41.7 Å². The van der Waals surface area contributed by atoms with Crippen LogP contribution in [0.1, 0.15) is 42.1 Å². The van der Waals surface area contributed by atoms with Gasteiger partial charge in [-0.05, 0) is 43.9 Å². The van der Waals surface area contributed by atoms with Crippen LogP contribution < -0.4 is 0 Å². The van der Waals surface area contributed by atoms with E-state index in [1.807, 2.05) is 37.3 Å². The zero-order valence-corrected chi connectivity index (χ0v) is 12.5. The Hall–Kier alpha value is -1.81. The Kier molecular flexibility index (Phi) is 5.81. The average Bonchev–Trinajstić information content (AvgIpc) is 2.55. The molecule has 1 atom stereocenters. The number of rotatable bonds is 5. The summed E-state index contributed by atoms with van der Waals surface area (Å²) >= 11 is 0. The number of carbonyl (C=O) groups excluding carboxylic acids is 1. The molecule has 0 radical (unpaired) electrons. The van der Waals surface area contributed by atoms with Gasteiger partial charge in [0.2, 0.25) is 0 Å². The molecule has 1 aliphatic rings. The van der Waals surface area contributed by atoms with E-state index < -0.39 is 0 Å². The molecule has 1 amide bonds. The fourth-order valence-corrected chi connectivity index (χ4v) is 2.67. The molecule has 1 aliphatic heterocycles. The minimum atomic E-state index is -0.0600. The van der Waals surface area contributed by atoms with Crippen molar-refractivity contribution in [3.8, 4) is 0 Å². The maximum absolute atomic E-state index is 12.8. The lowest BCUT2D eigenvalue weighted by Crippen LogP contribution is -2.45. The van der Waals surface area contributed by atoms with Crippen molar-refractivity contribution in [2.75, 3.05) is 19.8 Å². The van der Waals surface area contributed by atoms with Gasteiger partial charge in [0.15, 0.2) is 0 Å². The topological polar surface area (TPSA) is 49.8 Å². The monoisotopic (exact) mass is 289 g/mol. The van der Waals surface area contributed by atoms with Gasteiger partial charge in [0.1, 0.15) is 0 Å². The molecule has 4 nitrogen and oxygen atoms in total. The van der Waals surface area contributed by atoms with E-state index in [-0.39, 0.29) is 18.6 Å². The second-order valence-electron chi connectivity index (χ2n) is 5.18. The van der Waals surface area contributed by atoms with Gasteiger partial charge >= 0.3 is 0 Å². The summed E-state index contributed by atoms with van der Waals surface area (Å²) in [6, 6.07) is 7.44. The van der Waals surface area contributed by atoms with Gasteiger partial charge in [-0.1, -0.05) is 18.2 Å². The van der Waals surface area contributed by atoms with Crippen LogP contribution in [0.15, 0.2) is 30.5 Å². The lowest BCUT2D eigenvalue weighted by atomic mass is 9.99. The Morgan fingerprint density at radius 1 is 1.43 bits per heavy atom. The molecule has 21 heavy (non-hydrogen) atoms. The highest BCUT2D eigenvalue weighted by Crippen LogP contribution is 2.21. The van der Waals surface area contributed by atoms with Gasteiger partial charge in [0.05, 0.1) is 25.5 Å². The summed E-state index contributed by atoms with van der Waals surface area (Å²) in [5.41, 5.74) is 1.51. The molecule has 4 heteroatoms. The van der Waals surface area contributed by atoms with E-state index in [0.717, 1.165) is 24.8 Å². The summed E-state index contributed by atoms with van der Waals surface area (Å²) in [7, 11) is 0. The van der Waals surface area contributed by atoms with Crippen LogP contribution >= 0.6 is 0 Å². The molecular formula is C17H23NO3. The molecule has 1 N–H and O–H groups in total. The summed E-state index contributed by atoms with van der Waals surface area (Å²) in [6.07, 6.45) is 6.37. The van der Waals surface area contributed by atoms with E-state index in [2.05, 4.69) is 0 Å². The molecule has 1 aromatic carbocycles. The minimum Gasteiger partial charge on any atom is -0.501 e. The summed E-state index contributed by atoms with van der Waals surface area (Å²) in [5, 5.41) is 9.47. The molecule has 0 aromatic heterocycles. The predicted molar refractivity (Wildman–Crippen MR) is 82.9 cm³/mol.